The summed E-state index contributed by atoms with van der Waals surface area (Å²) in [7, 11) is 0. The second-order valence-electron chi connectivity index (χ2n) is 6.02. The quantitative estimate of drug-likeness (QED) is 0.907. The van der Waals surface area contributed by atoms with Gasteiger partial charge in [0.25, 0.3) is 0 Å². The highest BCUT2D eigenvalue weighted by atomic mass is 16.4. The van der Waals surface area contributed by atoms with Gasteiger partial charge < -0.3 is 10.0 Å². The predicted molar refractivity (Wildman–Crippen MR) is 77.6 cm³/mol. The molecule has 1 aromatic carbocycles. The number of hydrogen-bond donors (Lipinski definition) is 1. The van der Waals surface area contributed by atoms with Crippen LogP contribution in [0.1, 0.15) is 39.2 Å². The molecule has 2 rings (SSSR count). The first-order valence-electron chi connectivity index (χ1n) is 7.03. The summed E-state index contributed by atoms with van der Waals surface area (Å²) < 4.78 is 0. The van der Waals surface area contributed by atoms with E-state index < -0.39 is 5.97 Å². The van der Waals surface area contributed by atoms with Crippen LogP contribution in [0.15, 0.2) is 24.3 Å². The molecule has 1 aromatic rings. The van der Waals surface area contributed by atoms with Gasteiger partial charge in [-0.1, -0.05) is 19.1 Å². The lowest BCUT2D eigenvalue weighted by Crippen LogP contribution is -2.52. The highest BCUT2D eigenvalue weighted by Gasteiger charge is 2.36. The molecule has 0 amide bonds. The molecule has 1 fully saturated rings. The van der Waals surface area contributed by atoms with Crippen molar-refractivity contribution in [1.29, 1.82) is 0 Å². The second kappa shape index (κ2) is 5.24. The Kier molecular flexibility index (Phi) is 3.83. The van der Waals surface area contributed by atoms with Gasteiger partial charge >= 0.3 is 5.97 Å². The molecule has 19 heavy (non-hydrogen) atoms. The number of nitrogens with zero attached hydrogens (tertiary/aromatic N) is 1. The van der Waals surface area contributed by atoms with E-state index >= 15 is 0 Å². The minimum absolute atomic E-state index is 0.0275. The number of benzene rings is 1. The van der Waals surface area contributed by atoms with Crippen molar-refractivity contribution < 1.29 is 9.90 Å². The molecule has 1 unspecified atom stereocenters. The number of aliphatic carboxylic acids is 1. The summed E-state index contributed by atoms with van der Waals surface area (Å²) in [5, 5.41) is 9.23. The molecule has 1 heterocycles. The van der Waals surface area contributed by atoms with Gasteiger partial charge in [0, 0.05) is 17.8 Å². The van der Waals surface area contributed by atoms with Gasteiger partial charge in [0.15, 0.2) is 0 Å². The fourth-order valence-corrected chi connectivity index (χ4v) is 2.79. The van der Waals surface area contributed by atoms with Crippen molar-refractivity contribution in [2.75, 3.05) is 11.4 Å². The fourth-order valence-electron chi connectivity index (χ4n) is 2.79. The third kappa shape index (κ3) is 2.91. The van der Waals surface area contributed by atoms with Gasteiger partial charge in [0.1, 0.15) is 0 Å². The van der Waals surface area contributed by atoms with E-state index in [0.29, 0.717) is 6.54 Å². The van der Waals surface area contributed by atoms with Gasteiger partial charge in [-0.25, -0.2) is 0 Å². The first-order chi connectivity index (χ1) is 8.94. The van der Waals surface area contributed by atoms with E-state index in [4.69, 9.17) is 0 Å². The Morgan fingerprint density at radius 2 is 2.00 bits per heavy atom. The minimum atomic E-state index is -0.675. The summed E-state index contributed by atoms with van der Waals surface area (Å²) in [6.45, 7) is 7.13. The predicted octanol–water partition coefficient (Wildman–Crippen LogP) is 3.33. The fraction of sp³-hybridized carbons (Fsp3) is 0.562. The number of carboxylic acid groups (broad SMARTS) is 1. The van der Waals surface area contributed by atoms with Crippen molar-refractivity contribution in [2.24, 2.45) is 5.92 Å². The number of anilines is 1. The summed E-state index contributed by atoms with van der Waals surface area (Å²) in [6.07, 6.45) is 2.72. The molecule has 1 saturated heterocycles. The van der Waals surface area contributed by atoms with Gasteiger partial charge in [-0.3, -0.25) is 4.79 Å². The number of aryl methyl sites for hydroxylation is 1. The van der Waals surface area contributed by atoms with Gasteiger partial charge in [0.05, 0.1) is 5.92 Å². The molecule has 1 N–H and O–H groups in total. The van der Waals surface area contributed by atoms with Crippen molar-refractivity contribution >= 4 is 11.7 Å². The van der Waals surface area contributed by atoms with Crippen molar-refractivity contribution in [3.8, 4) is 0 Å². The molecule has 0 radical (unpaired) electrons. The zero-order valence-electron chi connectivity index (χ0n) is 12.0. The highest BCUT2D eigenvalue weighted by Crippen LogP contribution is 2.35. The van der Waals surface area contributed by atoms with E-state index in [1.165, 1.54) is 5.56 Å². The molecular weight excluding hydrogens is 238 g/mol. The summed E-state index contributed by atoms with van der Waals surface area (Å²) >= 11 is 0. The molecule has 3 heteroatoms. The van der Waals surface area contributed by atoms with Crippen LogP contribution in [0.2, 0.25) is 0 Å². The minimum Gasteiger partial charge on any atom is -0.481 e. The van der Waals surface area contributed by atoms with E-state index in [-0.39, 0.29) is 11.5 Å². The lowest BCUT2D eigenvalue weighted by Gasteiger charge is -2.46. The van der Waals surface area contributed by atoms with Crippen LogP contribution in [0.5, 0.6) is 0 Å². The first kappa shape index (κ1) is 13.9. The number of hydrogen-bond acceptors (Lipinski definition) is 2. The normalized spacial score (nSPS) is 22.3. The van der Waals surface area contributed by atoms with Crippen molar-refractivity contribution in [3.63, 3.8) is 0 Å². The average Bonchev–Trinajstić information content (AvgIpc) is 2.38. The third-order valence-corrected chi connectivity index (χ3v) is 4.24. The van der Waals surface area contributed by atoms with Crippen LogP contribution in [0, 0.1) is 5.92 Å². The van der Waals surface area contributed by atoms with Crippen LogP contribution in [-0.2, 0) is 11.2 Å². The lowest BCUT2D eigenvalue weighted by molar-refractivity contribution is -0.142. The molecule has 0 bridgehead atoms. The zero-order chi connectivity index (χ0) is 14.0. The number of rotatable bonds is 3. The lowest BCUT2D eigenvalue weighted by atomic mass is 9.84. The topological polar surface area (TPSA) is 40.5 Å². The maximum atomic E-state index is 11.2. The smallest absolute Gasteiger partial charge is 0.308 e. The van der Waals surface area contributed by atoms with E-state index in [1.54, 1.807) is 0 Å². The summed E-state index contributed by atoms with van der Waals surface area (Å²) in [5.74, 6) is -0.926. The first-order valence-corrected chi connectivity index (χ1v) is 7.03. The van der Waals surface area contributed by atoms with E-state index in [1.807, 2.05) is 0 Å². The van der Waals surface area contributed by atoms with Crippen LogP contribution >= 0.6 is 0 Å². The standard InChI is InChI=1S/C16H23NO2/c1-4-12-5-7-14(8-6-12)17-11-13(15(18)19)9-10-16(17,2)3/h5-8,13H,4,9-11H2,1-3H3,(H,18,19). The largest absolute Gasteiger partial charge is 0.481 e. The zero-order valence-corrected chi connectivity index (χ0v) is 12.0. The Morgan fingerprint density at radius 3 is 2.53 bits per heavy atom. The van der Waals surface area contributed by atoms with Gasteiger partial charge in [-0.05, 0) is 50.8 Å². The Balaban J connectivity index is 2.24. The Bertz CT molecular complexity index is 450. The third-order valence-electron chi connectivity index (χ3n) is 4.24. The maximum absolute atomic E-state index is 11.2. The monoisotopic (exact) mass is 261 g/mol. The number of carbonyl (C=O) groups is 1. The Hall–Kier alpha value is -1.51. The molecule has 104 valence electrons. The Labute approximate surface area is 115 Å². The van der Waals surface area contributed by atoms with Gasteiger partial charge in [0.2, 0.25) is 0 Å². The average molecular weight is 261 g/mol. The molecule has 1 atom stereocenters. The second-order valence-corrected chi connectivity index (χ2v) is 6.02. The molecule has 1 aliphatic heterocycles. The van der Waals surface area contributed by atoms with Crippen LogP contribution < -0.4 is 4.90 Å². The molecule has 1 aliphatic rings. The van der Waals surface area contributed by atoms with E-state index in [0.717, 1.165) is 24.9 Å². The van der Waals surface area contributed by atoms with Crippen LogP contribution in [0.4, 0.5) is 5.69 Å². The molecule has 0 aromatic heterocycles. The van der Waals surface area contributed by atoms with Crippen molar-refractivity contribution in [3.05, 3.63) is 29.8 Å². The summed E-state index contributed by atoms with van der Waals surface area (Å²) in [5.41, 5.74) is 2.47. The number of carboxylic acids is 1. The van der Waals surface area contributed by atoms with Crippen molar-refractivity contribution in [1.82, 2.24) is 0 Å². The molecule has 0 spiro atoms. The summed E-state index contributed by atoms with van der Waals surface area (Å²) in [6, 6.07) is 8.50. The van der Waals surface area contributed by atoms with Crippen molar-refractivity contribution in [2.45, 2.75) is 45.6 Å². The molecular formula is C16H23NO2. The SMILES string of the molecule is CCc1ccc(N2CC(C(=O)O)CCC2(C)C)cc1. The summed E-state index contributed by atoms with van der Waals surface area (Å²) in [4.78, 5) is 13.5. The molecule has 0 saturated carbocycles. The van der Waals surface area contributed by atoms with E-state index in [9.17, 15) is 9.90 Å². The molecule has 3 nitrogen and oxygen atoms in total. The van der Waals surface area contributed by atoms with Gasteiger partial charge in [-0.2, -0.15) is 0 Å². The maximum Gasteiger partial charge on any atom is 0.308 e. The van der Waals surface area contributed by atoms with Crippen LogP contribution in [0.25, 0.3) is 0 Å². The van der Waals surface area contributed by atoms with Gasteiger partial charge in [-0.15, -0.1) is 0 Å². The van der Waals surface area contributed by atoms with Crippen LogP contribution in [0.3, 0.4) is 0 Å². The van der Waals surface area contributed by atoms with Crippen LogP contribution in [-0.4, -0.2) is 23.2 Å². The number of piperidine rings is 1. The van der Waals surface area contributed by atoms with E-state index in [2.05, 4.69) is 49.9 Å². The highest BCUT2D eigenvalue weighted by molar-refractivity contribution is 5.71. The molecule has 0 aliphatic carbocycles. The Morgan fingerprint density at radius 1 is 1.37 bits per heavy atom.